The van der Waals surface area contributed by atoms with E-state index in [0.29, 0.717) is 26.1 Å². The number of aliphatic hydroxyl groups is 1. The number of ether oxygens (including phenoxy) is 1. The SMILES string of the molecule is CCC(=O)CN1CCOC(CO)C1. The highest BCUT2D eigenvalue weighted by molar-refractivity contribution is 5.80. The largest absolute Gasteiger partial charge is 0.394 e. The standard InChI is InChI=1S/C9H17NO3/c1-2-8(12)5-10-3-4-13-9(6-10)7-11/h9,11H,2-7H2,1H3. The minimum Gasteiger partial charge on any atom is -0.394 e. The zero-order valence-electron chi connectivity index (χ0n) is 8.03. The smallest absolute Gasteiger partial charge is 0.146 e. The molecule has 1 N–H and O–H groups in total. The molecule has 0 aliphatic carbocycles. The summed E-state index contributed by atoms with van der Waals surface area (Å²) >= 11 is 0. The van der Waals surface area contributed by atoms with Gasteiger partial charge in [-0.3, -0.25) is 9.69 Å². The van der Waals surface area contributed by atoms with Crippen LogP contribution in [0.3, 0.4) is 0 Å². The van der Waals surface area contributed by atoms with Gasteiger partial charge in [-0.15, -0.1) is 0 Å². The Bertz CT molecular complexity index is 172. The van der Waals surface area contributed by atoms with E-state index in [1.54, 1.807) is 0 Å². The lowest BCUT2D eigenvalue weighted by Gasteiger charge is -2.31. The van der Waals surface area contributed by atoms with E-state index in [9.17, 15) is 4.79 Å². The highest BCUT2D eigenvalue weighted by atomic mass is 16.5. The Balaban J connectivity index is 2.29. The lowest BCUT2D eigenvalue weighted by atomic mass is 10.2. The second-order valence-corrected chi connectivity index (χ2v) is 3.30. The maximum absolute atomic E-state index is 11.1. The van der Waals surface area contributed by atoms with Crippen LogP contribution in [0.2, 0.25) is 0 Å². The summed E-state index contributed by atoms with van der Waals surface area (Å²) in [5.41, 5.74) is 0. The Morgan fingerprint density at radius 1 is 1.69 bits per heavy atom. The molecule has 0 spiro atoms. The summed E-state index contributed by atoms with van der Waals surface area (Å²) in [6, 6.07) is 0. The van der Waals surface area contributed by atoms with Gasteiger partial charge in [-0.2, -0.15) is 0 Å². The van der Waals surface area contributed by atoms with Gasteiger partial charge in [0.1, 0.15) is 5.78 Å². The van der Waals surface area contributed by atoms with Crippen LogP contribution in [-0.2, 0) is 9.53 Å². The van der Waals surface area contributed by atoms with Crippen LogP contribution in [0.25, 0.3) is 0 Å². The molecule has 4 heteroatoms. The third-order valence-electron chi connectivity index (χ3n) is 2.22. The number of Topliss-reactive ketones (excluding diaryl/α,β-unsaturated/α-hetero) is 1. The van der Waals surface area contributed by atoms with Crippen molar-refractivity contribution >= 4 is 5.78 Å². The monoisotopic (exact) mass is 187 g/mol. The zero-order valence-corrected chi connectivity index (χ0v) is 8.03. The fourth-order valence-corrected chi connectivity index (χ4v) is 1.40. The van der Waals surface area contributed by atoms with Crippen molar-refractivity contribution < 1.29 is 14.6 Å². The number of aliphatic hydroxyl groups excluding tert-OH is 1. The number of rotatable bonds is 4. The molecule has 4 nitrogen and oxygen atoms in total. The Morgan fingerprint density at radius 2 is 2.46 bits per heavy atom. The maximum Gasteiger partial charge on any atom is 0.146 e. The van der Waals surface area contributed by atoms with Crippen LogP contribution in [0.1, 0.15) is 13.3 Å². The first-order chi connectivity index (χ1) is 6.26. The number of ketones is 1. The molecule has 0 amide bonds. The van der Waals surface area contributed by atoms with E-state index in [1.807, 2.05) is 11.8 Å². The molecule has 0 saturated carbocycles. The van der Waals surface area contributed by atoms with Crippen LogP contribution in [0.4, 0.5) is 0 Å². The van der Waals surface area contributed by atoms with Crippen molar-refractivity contribution in [1.82, 2.24) is 4.90 Å². The Morgan fingerprint density at radius 3 is 3.08 bits per heavy atom. The van der Waals surface area contributed by atoms with Gasteiger partial charge in [0.15, 0.2) is 0 Å². The van der Waals surface area contributed by atoms with Crippen molar-refractivity contribution in [3.63, 3.8) is 0 Å². The first-order valence-electron chi connectivity index (χ1n) is 4.72. The quantitative estimate of drug-likeness (QED) is 0.654. The van der Waals surface area contributed by atoms with Crippen LogP contribution < -0.4 is 0 Å². The Labute approximate surface area is 78.5 Å². The highest BCUT2D eigenvalue weighted by Crippen LogP contribution is 2.04. The number of carbonyl (C=O) groups excluding carboxylic acids is 1. The van der Waals surface area contributed by atoms with Gasteiger partial charge in [0, 0.05) is 19.5 Å². The molecular weight excluding hydrogens is 170 g/mol. The van der Waals surface area contributed by atoms with Crippen molar-refractivity contribution in [2.75, 3.05) is 32.8 Å². The fourth-order valence-electron chi connectivity index (χ4n) is 1.40. The first-order valence-corrected chi connectivity index (χ1v) is 4.72. The van der Waals surface area contributed by atoms with Gasteiger partial charge in [-0.25, -0.2) is 0 Å². The summed E-state index contributed by atoms with van der Waals surface area (Å²) in [6.45, 7) is 4.48. The van der Waals surface area contributed by atoms with Gasteiger partial charge in [0.2, 0.25) is 0 Å². The predicted molar refractivity (Wildman–Crippen MR) is 48.6 cm³/mol. The van der Waals surface area contributed by atoms with Crippen molar-refractivity contribution in [1.29, 1.82) is 0 Å². The minimum absolute atomic E-state index is 0.0385. The molecule has 1 atom stereocenters. The van der Waals surface area contributed by atoms with E-state index in [4.69, 9.17) is 9.84 Å². The Kier molecular flexibility index (Phi) is 4.35. The number of hydrogen-bond acceptors (Lipinski definition) is 4. The van der Waals surface area contributed by atoms with Crippen molar-refractivity contribution in [3.05, 3.63) is 0 Å². The molecule has 0 bridgehead atoms. The van der Waals surface area contributed by atoms with E-state index in [2.05, 4.69) is 0 Å². The molecule has 0 aromatic carbocycles. The van der Waals surface area contributed by atoms with Crippen LogP contribution >= 0.6 is 0 Å². The lowest BCUT2D eigenvalue weighted by Crippen LogP contribution is -2.45. The number of nitrogens with zero attached hydrogens (tertiary/aromatic N) is 1. The van der Waals surface area contributed by atoms with E-state index >= 15 is 0 Å². The normalized spacial score (nSPS) is 24.6. The van der Waals surface area contributed by atoms with E-state index in [1.165, 1.54) is 0 Å². The van der Waals surface area contributed by atoms with Gasteiger partial charge in [0.25, 0.3) is 0 Å². The van der Waals surface area contributed by atoms with E-state index in [0.717, 1.165) is 6.54 Å². The summed E-state index contributed by atoms with van der Waals surface area (Å²) in [6.07, 6.45) is 0.472. The average Bonchev–Trinajstić information content (AvgIpc) is 2.18. The third-order valence-corrected chi connectivity index (χ3v) is 2.22. The molecule has 13 heavy (non-hydrogen) atoms. The van der Waals surface area contributed by atoms with Crippen LogP contribution in [-0.4, -0.2) is 54.7 Å². The van der Waals surface area contributed by atoms with Crippen LogP contribution in [0.15, 0.2) is 0 Å². The molecule has 0 aromatic heterocycles. The molecule has 1 fully saturated rings. The summed E-state index contributed by atoms with van der Waals surface area (Å²) in [5.74, 6) is 0.249. The third kappa shape index (κ3) is 3.42. The van der Waals surface area contributed by atoms with Gasteiger partial charge < -0.3 is 9.84 Å². The minimum atomic E-state index is -0.113. The molecule has 0 radical (unpaired) electrons. The van der Waals surface area contributed by atoms with E-state index in [-0.39, 0.29) is 18.5 Å². The van der Waals surface area contributed by atoms with Gasteiger partial charge in [0.05, 0.1) is 25.9 Å². The van der Waals surface area contributed by atoms with Gasteiger partial charge in [-0.1, -0.05) is 6.92 Å². The summed E-state index contributed by atoms with van der Waals surface area (Å²) in [5, 5.41) is 8.86. The molecule has 1 rings (SSSR count). The second-order valence-electron chi connectivity index (χ2n) is 3.30. The topological polar surface area (TPSA) is 49.8 Å². The van der Waals surface area contributed by atoms with Crippen molar-refractivity contribution in [2.45, 2.75) is 19.4 Å². The summed E-state index contributed by atoms with van der Waals surface area (Å²) in [7, 11) is 0. The molecule has 76 valence electrons. The molecule has 1 aliphatic rings. The van der Waals surface area contributed by atoms with Crippen LogP contribution in [0, 0.1) is 0 Å². The zero-order chi connectivity index (χ0) is 9.68. The van der Waals surface area contributed by atoms with Gasteiger partial charge in [-0.05, 0) is 0 Å². The Hall–Kier alpha value is -0.450. The fraction of sp³-hybridized carbons (Fsp3) is 0.889. The number of carbonyl (C=O) groups is 1. The first kappa shape index (κ1) is 10.6. The predicted octanol–water partition coefficient (Wildman–Crippen LogP) is -0.341. The molecular formula is C9H17NO3. The maximum atomic E-state index is 11.1. The number of hydrogen-bond donors (Lipinski definition) is 1. The lowest BCUT2D eigenvalue weighted by molar-refractivity contribution is -0.122. The van der Waals surface area contributed by atoms with Gasteiger partial charge >= 0.3 is 0 Å². The summed E-state index contributed by atoms with van der Waals surface area (Å²) < 4.78 is 5.27. The van der Waals surface area contributed by atoms with Crippen molar-refractivity contribution in [3.8, 4) is 0 Å². The second kappa shape index (κ2) is 5.32. The average molecular weight is 187 g/mol. The number of morpholine rings is 1. The molecule has 1 unspecified atom stereocenters. The highest BCUT2D eigenvalue weighted by Gasteiger charge is 2.20. The van der Waals surface area contributed by atoms with Crippen LogP contribution in [0.5, 0.6) is 0 Å². The molecule has 0 aromatic rings. The molecule has 1 saturated heterocycles. The molecule has 1 heterocycles. The molecule has 1 aliphatic heterocycles. The van der Waals surface area contributed by atoms with E-state index < -0.39 is 0 Å². The van der Waals surface area contributed by atoms with Crippen molar-refractivity contribution in [2.24, 2.45) is 0 Å². The summed E-state index contributed by atoms with van der Waals surface area (Å²) in [4.78, 5) is 13.2.